The first kappa shape index (κ1) is 16.6. The summed E-state index contributed by atoms with van der Waals surface area (Å²) in [7, 11) is 0. The number of aromatic nitrogens is 2. The van der Waals surface area contributed by atoms with Crippen molar-refractivity contribution in [3.05, 3.63) is 41.7 Å². The highest BCUT2D eigenvalue weighted by molar-refractivity contribution is 7.99. The molecule has 0 fully saturated rings. The van der Waals surface area contributed by atoms with Gasteiger partial charge in [0, 0.05) is 18.4 Å². The molecule has 2 rings (SSSR count). The molecular formula is C17H23N3OS. The van der Waals surface area contributed by atoms with Gasteiger partial charge in [-0.3, -0.25) is 9.36 Å². The van der Waals surface area contributed by atoms with Crippen molar-refractivity contribution in [1.82, 2.24) is 14.9 Å². The molecule has 0 aliphatic rings. The van der Waals surface area contributed by atoms with E-state index >= 15 is 0 Å². The average Bonchev–Trinajstić information content (AvgIpc) is 2.96. The van der Waals surface area contributed by atoms with Crippen LogP contribution in [0.3, 0.4) is 0 Å². The molecule has 1 aromatic heterocycles. The predicted molar refractivity (Wildman–Crippen MR) is 91.7 cm³/mol. The summed E-state index contributed by atoms with van der Waals surface area (Å²) in [5.41, 5.74) is 3.59. The van der Waals surface area contributed by atoms with Gasteiger partial charge in [-0.2, -0.15) is 0 Å². The van der Waals surface area contributed by atoms with Crippen LogP contribution in [0.15, 0.2) is 35.7 Å². The highest BCUT2D eigenvalue weighted by atomic mass is 32.2. The Morgan fingerprint density at radius 1 is 1.41 bits per heavy atom. The maximum absolute atomic E-state index is 11.9. The van der Waals surface area contributed by atoms with Crippen molar-refractivity contribution >= 4 is 17.7 Å². The average molecular weight is 317 g/mol. The Hall–Kier alpha value is -1.75. The smallest absolute Gasteiger partial charge is 0.230 e. The zero-order valence-electron chi connectivity index (χ0n) is 13.6. The molecule has 1 aromatic carbocycles. The number of carbonyl (C=O) groups excluding carboxylic acids is 1. The van der Waals surface area contributed by atoms with Gasteiger partial charge in [0.15, 0.2) is 5.16 Å². The first-order valence-electron chi connectivity index (χ1n) is 7.55. The fourth-order valence-electron chi connectivity index (χ4n) is 2.13. The molecular weight excluding hydrogens is 294 g/mol. The second kappa shape index (κ2) is 7.49. The fraction of sp³-hybridized carbons (Fsp3) is 0.412. The van der Waals surface area contributed by atoms with Crippen LogP contribution in [0.2, 0.25) is 0 Å². The van der Waals surface area contributed by atoms with Crippen LogP contribution in [0.1, 0.15) is 31.4 Å². The van der Waals surface area contributed by atoms with E-state index in [-0.39, 0.29) is 11.9 Å². The molecule has 1 atom stereocenters. The van der Waals surface area contributed by atoms with Crippen molar-refractivity contribution in [3.8, 4) is 5.69 Å². The Kier molecular flexibility index (Phi) is 5.66. The van der Waals surface area contributed by atoms with E-state index in [4.69, 9.17) is 0 Å². The van der Waals surface area contributed by atoms with E-state index in [0.717, 1.165) is 17.3 Å². The van der Waals surface area contributed by atoms with Gasteiger partial charge in [0.05, 0.1) is 11.4 Å². The van der Waals surface area contributed by atoms with Gasteiger partial charge in [0.25, 0.3) is 0 Å². The second-order valence-corrected chi connectivity index (χ2v) is 6.41. The molecule has 118 valence electrons. The highest BCUT2D eigenvalue weighted by Crippen LogP contribution is 2.24. The fourth-order valence-corrected chi connectivity index (χ4v) is 2.90. The number of aryl methyl sites for hydroxylation is 1. The normalized spacial score (nSPS) is 12.2. The van der Waals surface area contributed by atoms with E-state index in [0.29, 0.717) is 5.75 Å². The third kappa shape index (κ3) is 3.91. The number of hydrogen-bond donors (Lipinski definition) is 1. The van der Waals surface area contributed by atoms with E-state index in [1.807, 2.05) is 23.8 Å². The number of benzene rings is 1. The van der Waals surface area contributed by atoms with Gasteiger partial charge in [-0.15, -0.1) is 0 Å². The second-order valence-electron chi connectivity index (χ2n) is 5.46. The van der Waals surface area contributed by atoms with E-state index in [9.17, 15) is 4.79 Å². The molecule has 0 aliphatic carbocycles. The predicted octanol–water partition coefficient (Wildman–Crippen LogP) is 3.50. The van der Waals surface area contributed by atoms with Crippen LogP contribution in [0, 0.1) is 13.8 Å². The number of nitrogens with zero attached hydrogens (tertiary/aromatic N) is 2. The van der Waals surface area contributed by atoms with Crippen LogP contribution < -0.4 is 5.32 Å². The SMILES string of the molecule is CCC(C)NC(=O)CSc1nccn1-c1cccc(C)c1C. The molecule has 0 spiro atoms. The molecule has 1 N–H and O–H groups in total. The molecule has 0 bridgehead atoms. The van der Waals surface area contributed by atoms with E-state index in [1.165, 1.54) is 22.9 Å². The molecule has 0 aliphatic heterocycles. The van der Waals surface area contributed by atoms with Crippen molar-refractivity contribution in [2.45, 2.75) is 45.3 Å². The van der Waals surface area contributed by atoms with Gasteiger partial charge < -0.3 is 5.32 Å². The summed E-state index contributed by atoms with van der Waals surface area (Å²) in [4.78, 5) is 16.3. The lowest BCUT2D eigenvalue weighted by atomic mass is 10.1. The molecule has 2 aromatic rings. The number of thioether (sulfide) groups is 1. The highest BCUT2D eigenvalue weighted by Gasteiger charge is 2.12. The summed E-state index contributed by atoms with van der Waals surface area (Å²) in [6.07, 6.45) is 4.65. The first-order valence-corrected chi connectivity index (χ1v) is 8.53. The Morgan fingerprint density at radius 2 is 2.18 bits per heavy atom. The number of hydrogen-bond acceptors (Lipinski definition) is 3. The van der Waals surface area contributed by atoms with Crippen molar-refractivity contribution in [3.63, 3.8) is 0 Å². The Balaban J connectivity index is 2.10. The van der Waals surface area contributed by atoms with Gasteiger partial charge in [-0.1, -0.05) is 30.8 Å². The summed E-state index contributed by atoms with van der Waals surface area (Å²) in [6.45, 7) is 8.28. The van der Waals surface area contributed by atoms with Crippen LogP contribution >= 0.6 is 11.8 Å². The van der Waals surface area contributed by atoms with Gasteiger partial charge >= 0.3 is 0 Å². The maximum atomic E-state index is 11.9. The number of imidazole rings is 1. The zero-order chi connectivity index (χ0) is 16.1. The number of amides is 1. The molecule has 4 nitrogen and oxygen atoms in total. The molecule has 5 heteroatoms. The Bertz CT molecular complexity index is 651. The topological polar surface area (TPSA) is 46.9 Å². The van der Waals surface area contributed by atoms with Gasteiger partial charge in [-0.25, -0.2) is 4.98 Å². The van der Waals surface area contributed by atoms with Gasteiger partial charge in [0.2, 0.25) is 5.91 Å². The van der Waals surface area contributed by atoms with Gasteiger partial charge in [-0.05, 0) is 44.4 Å². The summed E-state index contributed by atoms with van der Waals surface area (Å²) in [5.74, 6) is 0.432. The first-order chi connectivity index (χ1) is 10.5. The van der Waals surface area contributed by atoms with Crippen molar-refractivity contribution < 1.29 is 4.79 Å². The third-order valence-electron chi connectivity index (χ3n) is 3.79. The lowest BCUT2D eigenvalue weighted by Gasteiger charge is -2.13. The quantitative estimate of drug-likeness (QED) is 0.830. The van der Waals surface area contributed by atoms with Gasteiger partial charge in [0.1, 0.15) is 0 Å². The lowest BCUT2D eigenvalue weighted by Crippen LogP contribution is -2.33. The molecule has 0 radical (unpaired) electrons. The molecule has 0 saturated heterocycles. The van der Waals surface area contributed by atoms with Crippen LogP contribution in [0.25, 0.3) is 5.69 Å². The summed E-state index contributed by atoms with van der Waals surface area (Å²) in [6, 6.07) is 6.43. The number of rotatable bonds is 6. The summed E-state index contributed by atoms with van der Waals surface area (Å²) >= 11 is 1.46. The zero-order valence-corrected chi connectivity index (χ0v) is 14.4. The standard InChI is InChI=1S/C17H23N3OS/c1-5-13(3)19-16(21)11-22-17-18-9-10-20(17)15-8-6-7-12(2)14(15)4/h6-10,13H,5,11H2,1-4H3,(H,19,21). The van der Waals surface area contributed by atoms with E-state index < -0.39 is 0 Å². The van der Waals surface area contributed by atoms with Crippen molar-refractivity contribution in [1.29, 1.82) is 0 Å². The molecule has 22 heavy (non-hydrogen) atoms. The maximum Gasteiger partial charge on any atom is 0.230 e. The molecule has 1 amide bonds. The Labute approximate surface area is 136 Å². The van der Waals surface area contributed by atoms with E-state index in [1.54, 1.807) is 6.20 Å². The number of carbonyl (C=O) groups is 1. The third-order valence-corrected chi connectivity index (χ3v) is 4.76. The minimum absolute atomic E-state index is 0.0508. The van der Waals surface area contributed by atoms with Crippen LogP contribution in [-0.4, -0.2) is 27.3 Å². The Morgan fingerprint density at radius 3 is 2.91 bits per heavy atom. The minimum atomic E-state index is 0.0508. The van der Waals surface area contributed by atoms with E-state index in [2.05, 4.69) is 43.2 Å². The molecule has 1 heterocycles. The van der Waals surface area contributed by atoms with Crippen molar-refractivity contribution in [2.24, 2.45) is 0 Å². The largest absolute Gasteiger partial charge is 0.353 e. The number of nitrogens with one attached hydrogen (secondary N) is 1. The molecule has 0 saturated carbocycles. The van der Waals surface area contributed by atoms with Crippen LogP contribution in [-0.2, 0) is 4.79 Å². The molecule has 1 unspecified atom stereocenters. The summed E-state index contributed by atoms with van der Waals surface area (Å²) in [5, 5.41) is 3.82. The monoisotopic (exact) mass is 317 g/mol. The van der Waals surface area contributed by atoms with Crippen molar-refractivity contribution in [2.75, 3.05) is 5.75 Å². The summed E-state index contributed by atoms with van der Waals surface area (Å²) < 4.78 is 2.05. The lowest BCUT2D eigenvalue weighted by molar-refractivity contribution is -0.119. The minimum Gasteiger partial charge on any atom is -0.353 e. The van der Waals surface area contributed by atoms with Crippen LogP contribution in [0.5, 0.6) is 0 Å². The van der Waals surface area contributed by atoms with Crippen LogP contribution in [0.4, 0.5) is 0 Å².